The molecule has 0 aliphatic heterocycles. The van der Waals surface area contributed by atoms with Crippen molar-refractivity contribution in [2.45, 2.75) is 45.4 Å². The van der Waals surface area contributed by atoms with E-state index in [1.54, 1.807) is 32.3 Å². The third-order valence-corrected chi connectivity index (χ3v) is 5.54. The molecule has 0 fully saturated rings. The zero-order chi connectivity index (χ0) is 20.7. The lowest BCUT2D eigenvalue weighted by molar-refractivity contribution is 0.224. The summed E-state index contributed by atoms with van der Waals surface area (Å²) in [7, 11) is 3.24. The van der Waals surface area contributed by atoms with Crippen molar-refractivity contribution >= 4 is 57.9 Å². The van der Waals surface area contributed by atoms with Crippen molar-refractivity contribution < 1.29 is 9.59 Å². The number of hydrogen-bond donors (Lipinski definition) is 1. The van der Waals surface area contributed by atoms with Crippen LogP contribution in [0.5, 0.6) is 0 Å². The summed E-state index contributed by atoms with van der Waals surface area (Å²) in [6, 6.07) is 3.81. The molecule has 0 saturated carbocycles. The Balaban J connectivity index is 3.19. The number of nitrogens with zero attached hydrogens (tertiary/aromatic N) is 3. The summed E-state index contributed by atoms with van der Waals surface area (Å²) < 4.78 is 0. The minimum atomic E-state index is -0.422. The maximum Gasteiger partial charge on any atom is 0.345 e. The molecule has 0 aliphatic rings. The molecule has 0 saturated heterocycles. The average molecular weight is 433 g/mol. The summed E-state index contributed by atoms with van der Waals surface area (Å²) in [5.74, 6) is 0. The Morgan fingerprint density at radius 2 is 1.81 bits per heavy atom. The SMILES string of the molecule is CCC(C)SC(=NC(=O)N(C)C)N(C(=O)Nc1ccc(Cl)c(Cl)c1)C(C)C. The van der Waals surface area contributed by atoms with Gasteiger partial charge in [-0.05, 0) is 38.5 Å². The van der Waals surface area contributed by atoms with Crippen molar-refractivity contribution in [3.05, 3.63) is 28.2 Å². The molecule has 1 aromatic rings. The van der Waals surface area contributed by atoms with Crippen molar-refractivity contribution in [3.8, 4) is 0 Å². The average Bonchev–Trinajstić information content (AvgIpc) is 2.57. The monoisotopic (exact) mass is 432 g/mol. The minimum absolute atomic E-state index is 0.192. The first-order valence-corrected chi connectivity index (χ1v) is 10.2. The largest absolute Gasteiger partial charge is 0.345 e. The van der Waals surface area contributed by atoms with Gasteiger partial charge >= 0.3 is 12.1 Å². The molecule has 6 nitrogen and oxygen atoms in total. The van der Waals surface area contributed by atoms with Gasteiger partial charge in [-0.15, -0.1) is 0 Å². The van der Waals surface area contributed by atoms with E-state index in [1.807, 2.05) is 27.7 Å². The second-order valence-corrected chi connectivity index (χ2v) is 8.65. The Bertz CT molecular complexity index is 711. The number of urea groups is 2. The topological polar surface area (TPSA) is 65.0 Å². The van der Waals surface area contributed by atoms with E-state index in [2.05, 4.69) is 10.3 Å². The number of carbonyl (C=O) groups excluding carboxylic acids is 2. The minimum Gasteiger partial charge on any atom is -0.329 e. The molecule has 9 heteroatoms. The van der Waals surface area contributed by atoms with Crippen LogP contribution in [0.2, 0.25) is 10.0 Å². The molecule has 1 atom stereocenters. The lowest BCUT2D eigenvalue weighted by Crippen LogP contribution is -2.44. The Morgan fingerprint density at radius 3 is 2.30 bits per heavy atom. The fourth-order valence-corrected chi connectivity index (χ4v) is 3.24. The van der Waals surface area contributed by atoms with Gasteiger partial charge in [0.1, 0.15) is 0 Å². The molecule has 0 spiro atoms. The fourth-order valence-electron chi connectivity index (χ4n) is 1.88. The van der Waals surface area contributed by atoms with Gasteiger partial charge in [-0.1, -0.05) is 48.8 Å². The molecule has 1 N–H and O–H groups in total. The molecule has 1 aromatic carbocycles. The van der Waals surface area contributed by atoms with Crippen LogP contribution in [-0.4, -0.2) is 52.4 Å². The van der Waals surface area contributed by atoms with Crippen molar-refractivity contribution in [1.29, 1.82) is 0 Å². The summed E-state index contributed by atoms with van der Waals surface area (Å²) in [5.41, 5.74) is 0.506. The van der Waals surface area contributed by atoms with E-state index in [0.717, 1.165) is 6.42 Å². The quantitative estimate of drug-likeness (QED) is 0.482. The number of amidine groups is 1. The van der Waals surface area contributed by atoms with Crippen molar-refractivity contribution in [2.24, 2.45) is 4.99 Å². The molecule has 1 unspecified atom stereocenters. The number of anilines is 1. The normalized spacial score (nSPS) is 12.7. The highest BCUT2D eigenvalue weighted by Crippen LogP contribution is 2.26. The van der Waals surface area contributed by atoms with Gasteiger partial charge in [0.05, 0.1) is 10.0 Å². The van der Waals surface area contributed by atoms with Gasteiger partial charge in [0, 0.05) is 31.1 Å². The van der Waals surface area contributed by atoms with Crippen molar-refractivity contribution in [1.82, 2.24) is 9.80 Å². The first kappa shape index (κ1) is 23.6. The second-order valence-electron chi connectivity index (χ2n) is 6.43. The third kappa shape index (κ3) is 7.24. The summed E-state index contributed by atoms with van der Waals surface area (Å²) in [6.45, 7) is 7.79. The Hall–Kier alpha value is -1.44. The van der Waals surface area contributed by atoms with Crippen molar-refractivity contribution in [3.63, 3.8) is 0 Å². The molecular weight excluding hydrogens is 407 g/mol. The van der Waals surface area contributed by atoms with Crippen LogP contribution in [0.4, 0.5) is 15.3 Å². The van der Waals surface area contributed by atoms with Crippen LogP contribution >= 0.6 is 35.0 Å². The van der Waals surface area contributed by atoms with Gasteiger partial charge in [-0.25, -0.2) is 9.59 Å². The van der Waals surface area contributed by atoms with E-state index >= 15 is 0 Å². The molecule has 0 aliphatic carbocycles. The highest BCUT2D eigenvalue weighted by molar-refractivity contribution is 8.14. The highest BCUT2D eigenvalue weighted by atomic mass is 35.5. The summed E-state index contributed by atoms with van der Waals surface area (Å²) >= 11 is 13.3. The lowest BCUT2D eigenvalue weighted by Gasteiger charge is -2.29. The van der Waals surface area contributed by atoms with Crippen LogP contribution in [0, 0.1) is 0 Å². The van der Waals surface area contributed by atoms with Crippen LogP contribution in [-0.2, 0) is 0 Å². The van der Waals surface area contributed by atoms with Crippen LogP contribution in [0.15, 0.2) is 23.2 Å². The van der Waals surface area contributed by atoms with E-state index in [0.29, 0.717) is 20.9 Å². The number of amides is 4. The van der Waals surface area contributed by atoms with Gasteiger partial charge in [0.25, 0.3) is 0 Å². The lowest BCUT2D eigenvalue weighted by atomic mass is 10.3. The summed E-state index contributed by atoms with van der Waals surface area (Å²) in [5, 5.41) is 4.09. The van der Waals surface area contributed by atoms with Crippen LogP contribution < -0.4 is 5.32 Å². The predicted octanol–water partition coefficient (Wildman–Crippen LogP) is 5.81. The Labute approximate surface area is 175 Å². The number of rotatable bonds is 4. The standard InChI is InChI=1S/C18H26Cl2N4O2S/c1-7-12(4)27-18(22-16(25)23(5)6)24(11(2)3)17(26)21-13-8-9-14(19)15(20)10-13/h8-12H,7H2,1-6H3,(H,21,26). The number of benzene rings is 1. The van der Waals surface area contributed by atoms with Crippen molar-refractivity contribution in [2.75, 3.05) is 19.4 Å². The fraction of sp³-hybridized carbons (Fsp3) is 0.500. The van der Waals surface area contributed by atoms with E-state index in [-0.39, 0.29) is 11.3 Å². The van der Waals surface area contributed by atoms with Gasteiger partial charge in [0.2, 0.25) is 0 Å². The number of carbonyl (C=O) groups is 2. The molecule has 27 heavy (non-hydrogen) atoms. The first-order chi connectivity index (χ1) is 12.6. The van der Waals surface area contributed by atoms with Crippen LogP contribution in [0.1, 0.15) is 34.1 Å². The van der Waals surface area contributed by atoms with Gasteiger partial charge in [-0.2, -0.15) is 4.99 Å². The number of hydrogen-bond acceptors (Lipinski definition) is 3. The Morgan fingerprint density at radius 1 is 1.19 bits per heavy atom. The first-order valence-electron chi connectivity index (χ1n) is 8.58. The second kappa shape index (κ2) is 10.8. The zero-order valence-corrected chi connectivity index (χ0v) is 18.7. The Kier molecular flexibility index (Phi) is 9.42. The highest BCUT2D eigenvalue weighted by Gasteiger charge is 2.26. The molecule has 0 heterocycles. The number of aliphatic imine (C=N–C) groups is 1. The van der Waals surface area contributed by atoms with Gasteiger partial charge < -0.3 is 10.2 Å². The van der Waals surface area contributed by atoms with Crippen LogP contribution in [0.25, 0.3) is 0 Å². The predicted molar refractivity (Wildman–Crippen MR) is 116 cm³/mol. The van der Waals surface area contributed by atoms with Crippen LogP contribution in [0.3, 0.4) is 0 Å². The van der Waals surface area contributed by atoms with E-state index in [9.17, 15) is 9.59 Å². The molecule has 150 valence electrons. The molecule has 4 amide bonds. The smallest absolute Gasteiger partial charge is 0.329 e. The van der Waals surface area contributed by atoms with E-state index < -0.39 is 12.1 Å². The van der Waals surface area contributed by atoms with E-state index in [4.69, 9.17) is 23.2 Å². The maximum absolute atomic E-state index is 12.9. The molecular formula is C18H26Cl2N4O2S. The molecule has 0 bridgehead atoms. The molecule has 0 aromatic heterocycles. The number of nitrogens with one attached hydrogen (secondary N) is 1. The molecule has 0 radical (unpaired) electrons. The van der Waals surface area contributed by atoms with E-state index in [1.165, 1.54) is 21.6 Å². The van der Waals surface area contributed by atoms with Gasteiger partial charge in [0.15, 0.2) is 5.17 Å². The third-order valence-electron chi connectivity index (χ3n) is 3.57. The number of halogens is 2. The van der Waals surface area contributed by atoms with Gasteiger partial charge in [-0.3, -0.25) is 4.90 Å². The maximum atomic E-state index is 12.9. The zero-order valence-electron chi connectivity index (χ0n) is 16.4. The number of thioether (sulfide) groups is 1. The summed E-state index contributed by atoms with van der Waals surface area (Å²) in [4.78, 5) is 32.1. The molecule has 1 rings (SSSR count). The summed E-state index contributed by atoms with van der Waals surface area (Å²) in [6.07, 6.45) is 0.875.